The van der Waals surface area contributed by atoms with E-state index in [0.717, 1.165) is 37.3 Å². The van der Waals surface area contributed by atoms with E-state index in [1.807, 2.05) is 6.92 Å². The number of aliphatic hydroxyl groups excluding tert-OH is 1. The van der Waals surface area contributed by atoms with Crippen LogP contribution >= 0.6 is 11.8 Å². The second-order valence-corrected chi connectivity index (χ2v) is 5.50. The molecule has 4 nitrogen and oxygen atoms in total. The molecule has 5 heteroatoms. The minimum Gasteiger partial charge on any atom is -0.468 e. The Bertz CT molecular complexity index is 246. The van der Waals surface area contributed by atoms with Crippen molar-refractivity contribution in [1.82, 2.24) is 5.32 Å². The van der Waals surface area contributed by atoms with Crippen LogP contribution < -0.4 is 5.32 Å². The minimum atomic E-state index is -0.510. The van der Waals surface area contributed by atoms with Crippen LogP contribution in [0.5, 0.6) is 0 Å². The molecular formula is C12H23NO3S. The first-order chi connectivity index (χ1) is 8.21. The maximum absolute atomic E-state index is 12.0. The van der Waals surface area contributed by atoms with E-state index in [4.69, 9.17) is 9.84 Å². The molecule has 1 atom stereocenters. The summed E-state index contributed by atoms with van der Waals surface area (Å²) >= 11 is 1.71. The maximum Gasteiger partial charge on any atom is 0.327 e. The van der Waals surface area contributed by atoms with Crippen LogP contribution in [0.3, 0.4) is 0 Å². The molecule has 0 bridgehead atoms. The number of nitrogens with one attached hydrogen (secondary N) is 1. The lowest BCUT2D eigenvalue weighted by Crippen LogP contribution is -2.56. The SMILES string of the molecule is CCNC(CSCCCO)(C(=O)OC)C1CC1. The van der Waals surface area contributed by atoms with Gasteiger partial charge in [0.2, 0.25) is 0 Å². The first-order valence-corrected chi connectivity index (χ1v) is 7.38. The van der Waals surface area contributed by atoms with Gasteiger partial charge in [-0.15, -0.1) is 0 Å². The number of thioether (sulfide) groups is 1. The fourth-order valence-electron chi connectivity index (χ4n) is 2.08. The van der Waals surface area contributed by atoms with Crippen LogP contribution in [0, 0.1) is 5.92 Å². The summed E-state index contributed by atoms with van der Waals surface area (Å²) in [5.41, 5.74) is -0.510. The predicted molar refractivity (Wildman–Crippen MR) is 70.2 cm³/mol. The molecule has 1 aliphatic carbocycles. The Balaban J connectivity index is 2.58. The summed E-state index contributed by atoms with van der Waals surface area (Å²) in [4.78, 5) is 12.0. The molecule has 2 N–H and O–H groups in total. The number of hydrogen-bond acceptors (Lipinski definition) is 5. The fourth-order valence-corrected chi connectivity index (χ4v) is 3.34. The normalized spacial score (nSPS) is 18.8. The van der Waals surface area contributed by atoms with Gasteiger partial charge in [0.15, 0.2) is 0 Å². The molecule has 0 saturated heterocycles. The van der Waals surface area contributed by atoms with Crippen molar-refractivity contribution >= 4 is 17.7 Å². The van der Waals surface area contributed by atoms with Crippen molar-refractivity contribution < 1.29 is 14.6 Å². The highest BCUT2D eigenvalue weighted by Gasteiger charge is 2.51. The summed E-state index contributed by atoms with van der Waals surface area (Å²) in [6, 6.07) is 0. The van der Waals surface area contributed by atoms with Gasteiger partial charge in [0.1, 0.15) is 5.54 Å². The van der Waals surface area contributed by atoms with Gasteiger partial charge in [0, 0.05) is 12.4 Å². The van der Waals surface area contributed by atoms with Crippen LogP contribution in [0.1, 0.15) is 26.2 Å². The standard InChI is InChI=1S/C12H23NO3S/c1-3-13-12(10-5-6-10,11(15)16-2)9-17-8-4-7-14/h10,13-14H,3-9H2,1-2H3. The van der Waals surface area contributed by atoms with Crippen molar-refractivity contribution in [3.05, 3.63) is 0 Å². The number of rotatable bonds is 9. The zero-order valence-corrected chi connectivity index (χ0v) is 11.5. The molecule has 17 heavy (non-hydrogen) atoms. The monoisotopic (exact) mass is 261 g/mol. The van der Waals surface area contributed by atoms with E-state index in [0.29, 0.717) is 5.92 Å². The molecule has 0 amide bonds. The van der Waals surface area contributed by atoms with Crippen LogP contribution in [-0.4, -0.2) is 48.4 Å². The molecule has 1 saturated carbocycles. The molecule has 1 rings (SSSR count). The molecule has 0 radical (unpaired) electrons. The third kappa shape index (κ3) is 3.86. The topological polar surface area (TPSA) is 58.6 Å². The average molecular weight is 261 g/mol. The molecule has 0 heterocycles. The van der Waals surface area contributed by atoms with Crippen LogP contribution in [0.4, 0.5) is 0 Å². The first-order valence-electron chi connectivity index (χ1n) is 6.23. The molecule has 1 unspecified atom stereocenters. The molecule has 100 valence electrons. The molecule has 0 aliphatic heterocycles. The van der Waals surface area contributed by atoms with Gasteiger partial charge in [0.05, 0.1) is 7.11 Å². The van der Waals surface area contributed by atoms with E-state index < -0.39 is 5.54 Å². The number of esters is 1. The quantitative estimate of drug-likeness (QED) is 0.479. The van der Waals surface area contributed by atoms with Crippen molar-refractivity contribution in [2.24, 2.45) is 5.92 Å². The molecule has 0 aromatic rings. The largest absolute Gasteiger partial charge is 0.468 e. The van der Waals surface area contributed by atoms with Crippen LogP contribution in [0.25, 0.3) is 0 Å². The Labute approximate surface area is 107 Å². The van der Waals surface area contributed by atoms with E-state index in [1.165, 1.54) is 7.11 Å². The summed E-state index contributed by atoms with van der Waals surface area (Å²) in [7, 11) is 1.45. The van der Waals surface area contributed by atoms with E-state index in [2.05, 4.69) is 5.32 Å². The zero-order valence-electron chi connectivity index (χ0n) is 10.7. The van der Waals surface area contributed by atoms with E-state index in [1.54, 1.807) is 11.8 Å². The second-order valence-electron chi connectivity index (χ2n) is 4.40. The summed E-state index contributed by atoms with van der Waals surface area (Å²) in [6.07, 6.45) is 2.98. The van der Waals surface area contributed by atoms with Crippen molar-refractivity contribution in [2.75, 3.05) is 31.8 Å². The highest BCUT2D eigenvalue weighted by atomic mass is 32.2. The highest BCUT2D eigenvalue weighted by molar-refractivity contribution is 7.99. The smallest absolute Gasteiger partial charge is 0.327 e. The number of likely N-dealkylation sites (N-methyl/N-ethyl adjacent to an activating group) is 1. The van der Waals surface area contributed by atoms with Gasteiger partial charge in [0.25, 0.3) is 0 Å². The van der Waals surface area contributed by atoms with Gasteiger partial charge >= 0.3 is 5.97 Å². The second kappa shape index (κ2) is 7.24. The molecule has 0 spiro atoms. The zero-order chi connectivity index (χ0) is 12.7. The lowest BCUT2D eigenvalue weighted by molar-refractivity contribution is -0.148. The third-order valence-electron chi connectivity index (χ3n) is 3.09. The lowest BCUT2D eigenvalue weighted by atomic mass is 9.95. The summed E-state index contributed by atoms with van der Waals surface area (Å²) in [6.45, 7) is 2.99. The van der Waals surface area contributed by atoms with Crippen molar-refractivity contribution in [1.29, 1.82) is 0 Å². The van der Waals surface area contributed by atoms with Crippen LogP contribution in [-0.2, 0) is 9.53 Å². The van der Waals surface area contributed by atoms with Gasteiger partial charge in [-0.2, -0.15) is 11.8 Å². The molecule has 0 aromatic carbocycles. The van der Waals surface area contributed by atoms with Gasteiger partial charge in [-0.3, -0.25) is 4.79 Å². The number of methoxy groups -OCH3 is 1. The number of carbonyl (C=O) groups excluding carboxylic acids is 1. The molecule has 1 fully saturated rings. The molecule has 1 aliphatic rings. The summed E-state index contributed by atoms with van der Waals surface area (Å²) in [5, 5.41) is 12.1. The maximum atomic E-state index is 12.0. The number of ether oxygens (including phenoxy) is 1. The van der Waals surface area contributed by atoms with E-state index >= 15 is 0 Å². The van der Waals surface area contributed by atoms with Crippen LogP contribution in [0.2, 0.25) is 0 Å². The van der Waals surface area contributed by atoms with Gasteiger partial charge < -0.3 is 15.2 Å². The number of aliphatic hydroxyl groups is 1. The van der Waals surface area contributed by atoms with Gasteiger partial charge in [-0.05, 0) is 37.5 Å². The van der Waals surface area contributed by atoms with E-state index in [9.17, 15) is 4.79 Å². The average Bonchev–Trinajstić information content (AvgIpc) is 3.16. The Kier molecular flexibility index (Phi) is 6.30. The molecule has 0 aromatic heterocycles. The Morgan fingerprint density at radius 2 is 2.29 bits per heavy atom. The fraction of sp³-hybridized carbons (Fsp3) is 0.917. The Hall–Kier alpha value is -0.260. The Morgan fingerprint density at radius 1 is 1.59 bits per heavy atom. The van der Waals surface area contributed by atoms with Gasteiger partial charge in [-0.25, -0.2) is 0 Å². The van der Waals surface area contributed by atoms with Crippen molar-refractivity contribution in [3.8, 4) is 0 Å². The minimum absolute atomic E-state index is 0.140. The summed E-state index contributed by atoms with van der Waals surface area (Å²) in [5.74, 6) is 1.89. The Morgan fingerprint density at radius 3 is 2.76 bits per heavy atom. The third-order valence-corrected chi connectivity index (χ3v) is 4.33. The molecular weight excluding hydrogens is 238 g/mol. The van der Waals surface area contributed by atoms with Crippen LogP contribution in [0.15, 0.2) is 0 Å². The van der Waals surface area contributed by atoms with Crippen molar-refractivity contribution in [3.63, 3.8) is 0 Å². The van der Waals surface area contributed by atoms with Gasteiger partial charge in [-0.1, -0.05) is 6.92 Å². The number of carbonyl (C=O) groups is 1. The lowest BCUT2D eigenvalue weighted by Gasteiger charge is -2.31. The van der Waals surface area contributed by atoms with Crippen molar-refractivity contribution in [2.45, 2.75) is 31.7 Å². The first kappa shape index (κ1) is 14.8. The highest BCUT2D eigenvalue weighted by Crippen LogP contribution is 2.42. The summed E-state index contributed by atoms with van der Waals surface area (Å²) < 4.78 is 4.96. The van der Waals surface area contributed by atoms with E-state index in [-0.39, 0.29) is 12.6 Å². The predicted octanol–water partition coefficient (Wildman–Crippen LogP) is 1.03. The number of hydrogen-bond donors (Lipinski definition) is 2.